The summed E-state index contributed by atoms with van der Waals surface area (Å²) in [4.78, 5) is 15.1. The van der Waals surface area contributed by atoms with Crippen LogP contribution >= 0.6 is 0 Å². The fourth-order valence-corrected chi connectivity index (χ4v) is 1.28. The van der Waals surface area contributed by atoms with E-state index in [2.05, 4.69) is 4.98 Å². The third-order valence-electron chi connectivity index (χ3n) is 1.86. The van der Waals surface area contributed by atoms with Crippen LogP contribution in [0.15, 0.2) is 18.5 Å². The molecule has 1 aliphatic rings. The van der Waals surface area contributed by atoms with Gasteiger partial charge < -0.3 is 9.47 Å². The standard InChI is InChI=1S/C9H9NO3/c1-2-12-9-6-3-4-10-5-7(6)8(11)13-9/h3-5,9H,2H2,1H3. The second-order valence-corrected chi connectivity index (χ2v) is 2.66. The van der Waals surface area contributed by atoms with Crippen LogP contribution in [-0.4, -0.2) is 17.6 Å². The van der Waals surface area contributed by atoms with Crippen molar-refractivity contribution in [3.63, 3.8) is 0 Å². The van der Waals surface area contributed by atoms with E-state index in [0.717, 1.165) is 5.56 Å². The SMILES string of the molecule is CCOC1OC(=O)c2cnccc21. The van der Waals surface area contributed by atoms with E-state index in [-0.39, 0.29) is 5.97 Å². The molecule has 13 heavy (non-hydrogen) atoms. The summed E-state index contributed by atoms with van der Waals surface area (Å²) in [6.45, 7) is 2.37. The van der Waals surface area contributed by atoms with E-state index in [1.807, 2.05) is 6.92 Å². The van der Waals surface area contributed by atoms with Gasteiger partial charge in [0.2, 0.25) is 6.29 Å². The molecule has 4 nitrogen and oxygen atoms in total. The molecule has 0 aliphatic carbocycles. The van der Waals surface area contributed by atoms with Gasteiger partial charge in [-0.3, -0.25) is 4.98 Å². The van der Waals surface area contributed by atoms with E-state index in [1.165, 1.54) is 6.20 Å². The van der Waals surface area contributed by atoms with Crippen LogP contribution in [0.5, 0.6) is 0 Å². The number of carbonyl (C=O) groups is 1. The summed E-state index contributed by atoms with van der Waals surface area (Å²) in [6.07, 6.45) is 2.57. The summed E-state index contributed by atoms with van der Waals surface area (Å²) in [5.74, 6) is -0.360. The molecule has 2 heterocycles. The summed E-state index contributed by atoms with van der Waals surface area (Å²) >= 11 is 0. The van der Waals surface area contributed by atoms with Crippen molar-refractivity contribution in [1.82, 2.24) is 4.98 Å². The van der Waals surface area contributed by atoms with Gasteiger partial charge in [-0.15, -0.1) is 0 Å². The van der Waals surface area contributed by atoms with Crippen LogP contribution in [0.4, 0.5) is 0 Å². The molecule has 1 aliphatic heterocycles. The van der Waals surface area contributed by atoms with Crippen LogP contribution in [-0.2, 0) is 9.47 Å². The number of fused-ring (bicyclic) bond motifs is 1. The van der Waals surface area contributed by atoms with Gasteiger partial charge in [0.25, 0.3) is 0 Å². The van der Waals surface area contributed by atoms with Crippen LogP contribution in [0.1, 0.15) is 29.1 Å². The first-order valence-electron chi connectivity index (χ1n) is 4.09. The van der Waals surface area contributed by atoms with Crippen LogP contribution in [0.25, 0.3) is 0 Å². The lowest BCUT2D eigenvalue weighted by molar-refractivity contribution is -0.0993. The Morgan fingerprint density at radius 3 is 3.31 bits per heavy atom. The first-order valence-corrected chi connectivity index (χ1v) is 4.09. The number of rotatable bonds is 2. The average molecular weight is 179 g/mol. The minimum Gasteiger partial charge on any atom is -0.428 e. The zero-order valence-corrected chi connectivity index (χ0v) is 7.19. The Labute approximate surface area is 75.5 Å². The molecule has 1 aromatic heterocycles. The molecule has 0 aromatic carbocycles. The van der Waals surface area contributed by atoms with Crippen molar-refractivity contribution in [3.8, 4) is 0 Å². The summed E-state index contributed by atoms with van der Waals surface area (Å²) in [5.41, 5.74) is 1.27. The molecule has 0 spiro atoms. The lowest BCUT2D eigenvalue weighted by Crippen LogP contribution is -2.03. The maximum Gasteiger partial charge on any atom is 0.342 e. The normalized spacial score (nSPS) is 19.8. The molecule has 1 atom stereocenters. The average Bonchev–Trinajstić information content (AvgIpc) is 2.46. The van der Waals surface area contributed by atoms with Crippen molar-refractivity contribution in [2.24, 2.45) is 0 Å². The molecule has 1 aromatic rings. The largest absolute Gasteiger partial charge is 0.428 e. The predicted molar refractivity (Wildman–Crippen MR) is 44.0 cm³/mol. The van der Waals surface area contributed by atoms with Gasteiger partial charge in [0.1, 0.15) is 0 Å². The van der Waals surface area contributed by atoms with Crippen molar-refractivity contribution >= 4 is 5.97 Å². The van der Waals surface area contributed by atoms with Crippen molar-refractivity contribution in [2.75, 3.05) is 6.61 Å². The molecule has 0 fully saturated rings. The van der Waals surface area contributed by atoms with E-state index >= 15 is 0 Å². The number of esters is 1. The number of aromatic nitrogens is 1. The second-order valence-electron chi connectivity index (χ2n) is 2.66. The Hall–Kier alpha value is -1.42. The number of carbonyl (C=O) groups excluding carboxylic acids is 1. The molecule has 2 rings (SSSR count). The van der Waals surface area contributed by atoms with Gasteiger partial charge in [-0.1, -0.05) is 0 Å². The molecule has 0 amide bonds. The summed E-state index contributed by atoms with van der Waals surface area (Å²) < 4.78 is 10.2. The summed E-state index contributed by atoms with van der Waals surface area (Å²) in [7, 11) is 0. The number of hydrogen-bond acceptors (Lipinski definition) is 4. The minimum atomic E-state index is -0.546. The lowest BCUT2D eigenvalue weighted by Gasteiger charge is -2.08. The molecule has 0 bridgehead atoms. The highest BCUT2D eigenvalue weighted by atomic mass is 16.7. The van der Waals surface area contributed by atoms with Crippen molar-refractivity contribution in [2.45, 2.75) is 13.2 Å². The number of pyridine rings is 1. The molecule has 0 N–H and O–H groups in total. The fourth-order valence-electron chi connectivity index (χ4n) is 1.28. The lowest BCUT2D eigenvalue weighted by atomic mass is 10.2. The minimum absolute atomic E-state index is 0.360. The van der Waals surface area contributed by atoms with E-state index in [0.29, 0.717) is 12.2 Å². The Morgan fingerprint density at radius 2 is 2.54 bits per heavy atom. The number of hydrogen-bond donors (Lipinski definition) is 0. The maximum atomic E-state index is 11.2. The van der Waals surface area contributed by atoms with Crippen molar-refractivity contribution in [1.29, 1.82) is 0 Å². The quantitative estimate of drug-likeness (QED) is 0.642. The highest BCUT2D eigenvalue weighted by molar-refractivity contribution is 5.93. The summed E-state index contributed by atoms with van der Waals surface area (Å²) in [6, 6.07) is 1.74. The van der Waals surface area contributed by atoms with E-state index in [4.69, 9.17) is 9.47 Å². The van der Waals surface area contributed by atoms with Gasteiger partial charge in [-0.25, -0.2) is 4.79 Å². The van der Waals surface area contributed by atoms with Crippen molar-refractivity contribution in [3.05, 3.63) is 29.6 Å². The zero-order chi connectivity index (χ0) is 9.26. The Balaban J connectivity index is 2.36. The highest BCUT2D eigenvalue weighted by Crippen LogP contribution is 2.30. The van der Waals surface area contributed by atoms with Crippen molar-refractivity contribution < 1.29 is 14.3 Å². The first kappa shape index (κ1) is 8.19. The molecule has 0 saturated heterocycles. The van der Waals surface area contributed by atoms with Crippen LogP contribution < -0.4 is 0 Å². The van der Waals surface area contributed by atoms with Gasteiger partial charge >= 0.3 is 5.97 Å². The van der Waals surface area contributed by atoms with Gasteiger partial charge in [-0.2, -0.15) is 0 Å². The monoisotopic (exact) mass is 179 g/mol. The molecular weight excluding hydrogens is 170 g/mol. The predicted octanol–water partition coefficient (Wildman–Crippen LogP) is 1.29. The molecule has 68 valence electrons. The molecule has 0 radical (unpaired) electrons. The third kappa shape index (κ3) is 1.29. The molecule has 4 heteroatoms. The highest BCUT2D eigenvalue weighted by Gasteiger charge is 2.31. The van der Waals surface area contributed by atoms with Gasteiger partial charge in [0.15, 0.2) is 0 Å². The molecule has 1 unspecified atom stereocenters. The molecule has 0 saturated carbocycles. The smallest absolute Gasteiger partial charge is 0.342 e. The summed E-state index contributed by atoms with van der Waals surface area (Å²) in [5, 5.41) is 0. The topological polar surface area (TPSA) is 48.4 Å². The van der Waals surface area contributed by atoms with E-state index in [9.17, 15) is 4.79 Å². The second kappa shape index (κ2) is 3.14. The Morgan fingerprint density at radius 1 is 1.69 bits per heavy atom. The number of nitrogens with zero attached hydrogens (tertiary/aromatic N) is 1. The van der Waals surface area contributed by atoms with E-state index < -0.39 is 6.29 Å². The first-order chi connectivity index (χ1) is 6.33. The van der Waals surface area contributed by atoms with Crippen LogP contribution in [0.2, 0.25) is 0 Å². The van der Waals surface area contributed by atoms with Gasteiger partial charge in [-0.05, 0) is 13.0 Å². The van der Waals surface area contributed by atoms with E-state index in [1.54, 1.807) is 12.3 Å². The number of cyclic esters (lactones) is 1. The third-order valence-corrected chi connectivity index (χ3v) is 1.86. The van der Waals surface area contributed by atoms with Crippen LogP contribution in [0.3, 0.4) is 0 Å². The Bertz CT molecular complexity index is 337. The van der Waals surface area contributed by atoms with Gasteiger partial charge in [0.05, 0.1) is 5.56 Å². The molecular formula is C9H9NO3. The fraction of sp³-hybridized carbons (Fsp3) is 0.333. The Kier molecular flexibility index (Phi) is 1.98. The number of ether oxygens (including phenoxy) is 2. The zero-order valence-electron chi connectivity index (χ0n) is 7.19. The van der Waals surface area contributed by atoms with Crippen LogP contribution in [0, 0.1) is 0 Å². The van der Waals surface area contributed by atoms with Gasteiger partial charge in [0, 0.05) is 24.6 Å². The maximum absolute atomic E-state index is 11.2.